The van der Waals surface area contributed by atoms with E-state index in [9.17, 15) is 19.7 Å². The first kappa shape index (κ1) is 23.4. The van der Waals surface area contributed by atoms with Gasteiger partial charge in [0.15, 0.2) is 0 Å². The minimum absolute atomic E-state index is 0.0441. The zero-order valence-corrected chi connectivity index (χ0v) is 18.1. The Kier molecular flexibility index (Phi) is 9.34. The normalized spacial score (nSPS) is 11.5. The lowest BCUT2D eigenvalue weighted by molar-refractivity contribution is -0.384. The molecule has 0 saturated carbocycles. The van der Waals surface area contributed by atoms with Crippen LogP contribution in [-0.2, 0) is 21.8 Å². The highest BCUT2D eigenvalue weighted by Crippen LogP contribution is 2.18. The minimum atomic E-state index is -0.555. The van der Waals surface area contributed by atoms with Gasteiger partial charge >= 0.3 is 0 Å². The van der Waals surface area contributed by atoms with Crippen LogP contribution in [0.1, 0.15) is 25.0 Å². The Balaban J connectivity index is 1.96. The topological polar surface area (TPSA) is 92.6 Å². The number of nitro benzene ring substituents is 1. The predicted molar refractivity (Wildman–Crippen MR) is 119 cm³/mol. The number of hydrogen-bond acceptors (Lipinski definition) is 5. The maximum Gasteiger partial charge on any atom is 0.269 e. The fraction of sp³-hybridized carbons (Fsp3) is 0.364. The van der Waals surface area contributed by atoms with Gasteiger partial charge in [-0.05, 0) is 31.4 Å². The first-order chi connectivity index (χ1) is 14.4. The molecule has 0 aromatic heterocycles. The molecule has 8 heteroatoms. The molecule has 160 valence electrons. The van der Waals surface area contributed by atoms with E-state index in [0.29, 0.717) is 25.3 Å². The fourth-order valence-electron chi connectivity index (χ4n) is 2.95. The van der Waals surface area contributed by atoms with Gasteiger partial charge in [-0.1, -0.05) is 42.5 Å². The molecule has 0 spiro atoms. The molecule has 2 amide bonds. The van der Waals surface area contributed by atoms with Gasteiger partial charge in [0.2, 0.25) is 11.8 Å². The number of likely N-dealkylation sites (N-methyl/N-ethyl adjacent to an activating group) is 1. The van der Waals surface area contributed by atoms with Crippen molar-refractivity contribution in [1.82, 2.24) is 10.2 Å². The molecule has 2 aromatic rings. The summed E-state index contributed by atoms with van der Waals surface area (Å²) in [4.78, 5) is 37.1. The van der Waals surface area contributed by atoms with Gasteiger partial charge < -0.3 is 10.2 Å². The van der Waals surface area contributed by atoms with Crippen molar-refractivity contribution in [3.05, 3.63) is 75.8 Å². The molecule has 7 nitrogen and oxygen atoms in total. The second kappa shape index (κ2) is 12.0. The minimum Gasteiger partial charge on any atom is -0.355 e. The Morgan fingerprint density at radius 2 is 1.77 bits per heavy atom. The van der Waals surface area contributed by atoms with E-state index < -0.39 is 11.0 Å². The number of rotatable bonds is 11. The van der Waals surface area contributed by atoms with Crippen LogP contribution in [0.25, 0.3) is 0 Å². The number of thioether (sulfide) groups is 1. The average Bonchev–Trinajstić information content (AvgIpc) is 2.75. The third-order valence-electron chi connectivity index (χ3n) is 4.64. The van der Waals surface area contributed by atoms with E-state index in [1.54, 1.807) is 24.0 Å². The Bertz CT molecular complexity index is 843. The Morgan fingerprint density at radius 3 is 2.37 bits per heavy atom. The Morgan fingerprint density at radius 1 is 1.10 bits per heavy atom. The molecule has 0 saturated heterocycles. The van der Waals surface area contributed by atoms with Crippen LogP contribution in [0.4, 0.5) is 5.69 Å². The van der Waals surface area contributed by atoms with Gasteiger partial charge in [0.05, 0.1) is 10.7 Å². The third-order valence-corrected chi connectivity index (χ3v) is 5.63. The molecule has 2 rings (SSSR count). The average molecular weight is 430 g/mol. The van der Waals surface area contributed by atoms with E-state index in [2.05, 4.69) is 5.32 Å². The van der Waals surface area contributed by atoms with Crippen LogP contribution in [0.2, 0.25) is 0 Å². The number of carbonyl (C=O) groups is 2. The smallest absolute Gasteiger partial charge is 0.269 e. The number of amides is 2. The molecular weight excluding hydrogens is 402 g/mol. The third kappa shape index (κ3) is 7.18. The number of carbonyl (C=O) groups excluding carboxylic acids is 2. The van der Waals surface area contributed by atoms with Crippen molar-refractivity contribution in [2.24, 2.45) is 0 Å². The SMILES string of the molecule is CCNC(=O)[C@@H](C)N(CCc1ccccc1)C(=O)CSCc1ccc([N+](=O)[O-])cc1. The van der Waals surface area contributed by atoms with Crippen LogP contribution in [0.5, 0.6) is 0 Å². The maximum absolute atomic E-state index is 12.9. The lowest BCUT2D eigenvalue weighted by Gasteiger charge is -2.28. The predicted octanol–water partition coefficient (Wildman–Crippen LogP) is 3.42. The fourth-order valence-corrected chi connectivity index (χ4v) is 3.82. The number of nitro groups is 1. The summed E-state index contributed by atoms with van der Waals surface area (Å²) < 4.78 is 0. The zero-order valence-electron chi connectivity index (χ0n) is 17.2. The van der Waals surface area contributed by atoms with Crippen LogP contribution in [-0.4, -0.2) is 46.5 Å². The van der Waals surface area contributed by atoms with Gasteiger partial charge in [-0.3, -0.25) is 19.7 Å². The van der Waals surface area contributed by atoms with Crippen molar-refractivity contribution < 1.29 is 14.5 Å². The summed E-state index contributed by atoms with van der Waals surface area (Å²) in [6, 6.07) is 15.6. The van der Waals surface area contributed by atoms with Crippen LogP contribution < -0.4 is 5.32 Å². The molecule has 0 bridgehead atoms. The summed E-state index contributed by atoms with van der Waals surface area (Å²) in [7, 11) is 0. The summed E-state index contributed by atoms with van der Waals surface area (Å²) in [5.41, 5.74) is 2.06. The summed E-state index contributed by atoms with van der Waals surface area (Å²) in [6.07, 6.45) is 0.670. The van der Waals surface area contributed by atoms with E-state index in [0.717, 1.165) is 11.1 Å². The summed E-state index contributed by atoms with van der Waals surface area (Å²) in [5.74, 6) is 0.525. The highest BCUT2D eigenvalue weighted by molar-refractivity contribution is 7.99. The van der Waals surface area contributed by atoms with Gasteiger partial charge in [0, 0.05) is 31.0 Å². The summed E-state index contributed by atoms with van der Waals surface area (Å²) in [5, 5.41) is 13.5. The monoisotopic (exact) mass is 429 g/mol. The highest BCUT2D eigenvalue weighted by atomic mass is 32.2. The number of non-ortho nitro benzene ring substituents is 1. The van der Waals surface area contributed by atoms with Crippen molar-refractivity contribution in [3.63, 3.8) is 0 Å². The molecule has 1 N–H and O–H groups in total. The van der Waals surface area contributed by atoms with Crippen molar-refractivity contribution >= 4 is 29.3 Å². The van der Waals surface area contributed by atoms with E-state index in [1.165, 1.54) is 23.9 Å². The van der Waals surface area contributed by atoms with Crippen LogP contribution in [0.3, 0.4) is 0 Å². The quantitative estimate of drug-likeness (QED) is 0.436. The van der Waals surface area contributed by atoms with E-state index in [4.69, 9.17) is 0 Å². The maximum atomic E-state index is 12.9. The lowest BCUT2D eigenvalue weighted by Crippen LogP contribution is -2.49. The Labute approximate surface area is 181 Å². The van der Waals surface area contributed by atoms with Crippen molar-refractivity contribution in [2.45, 2.75) is 32.1 Å². The van der Waals surface area contributed by atoms with E-state index >= 15 is 0 Å². The summed E-state index contributed by atoms with van der Waals surface area (Å²) in [6.45, 7) is 4.56. The standard InChI is InChI=1S/C22H27N3O4S/c1-3-23-22(27)17(2)24(14-13-18-7-5-4-6-8-18)21(26)16-30-15-19-9-11-20(12-10-19)25(28)29/h4-12,17H,3,13-16H2,1-2H3,(H,23,27)/t17-/m1/s1. The van der Waals surface area contributed by atoms with Crippen molar-refractivity contribution in [2.75, 3.05) is 18.8 Å². The van der Waals surface area contributed by atoms with Gasteiger partial charge in [-0.2, -0.15) is 0 Å². The van der Waals surface area contributed by atoms with Gasteiger partial charge in [-0.15, -0.1) is 11.8 Å². The largest absolute Gasteiger partial charge is 0.355 e. The van der Waals surface area contributed by atoms with Crippen LogP contribution in [0.15, 0.2) is 54.6 Å². The molecule has 0 radical (unpaired) electrons. The first-order valence-corrected chi connectivity index (χ1v) is 11.0. The molecule has 0 heterocycles. The van der Waals surface area contributed by atoms with Gasteiger partial charge in [0.25, 0.3) is 5.69 Å². The first-order valence-electron chi connectivity index (χ1n) is 9.84. The second-order valence-electron chi connectivity index (χ2n) is 6.81. The number of nitrogens with zero attached hydrogens (tertiary/aromatic N) is 2. The molecule has 1 atom stereocenters. The van der Waals surface area contributed by atoms with Crippen LogP contribution in [0, 0.1) is 10.1 Å². The second-order valence-corrected chi connectivity index (χ2v) is 7.80. The van der Waals surface area contributed by atoms with Gasteiger partial charge in [-0.25, -0.2) is 0 Å². The summed E-state index contributed by atoms with van der Waals surface area (Å²) >= 11 is 1.43. The number of nitrogens with one attached hydrogen (secondary N) is 1. The van der Waals surface area contributed by atoms with Crippen LogP contribution >= 0.6 is 11.8 Å². The lowest BCUT2D eigenvalue weighted by atomic mass is 10.1. The molecule has 0 fully saturated rings. The molecular formula is C22H27N3O4S. The van der Waals surface area contributed by atoms with Crippen molar-refractivity contribution in [3.8, 4) is 0 Å². The zero-order chi connectivity index (χ0) is 21.9. The Hall–Kier alpha value is -2.87. The molecule has 0 aliphatic rings. The van der Waals surface area contributed by atoms with E-state index in [1.807, 2.05) is 37.3 Å². The molecule has 0 aliphatic heterocycles. The van der Waals surface area contributed by atoms with Gasteiger partial charge in [0.1, 0.15) is 6.04 Å². The highest BCUT2D eigenvalue weighted by Gasteiger charge is 2.25. The molecule has 0 aliphatic carbocycles. The molecule has 0 unspecified atom stereocenters. The van der Waals surface area contributed by atoms with Crippen molar-refractivity contribution in [1.29, 1.82) is 0 Å². The van der Waals surface area contributed by atoms with E-state index in [-0.39, 0.29) is 23.3 Å². The number of hydrogen-bond donors (Lipinski definition) is 1. The molecule has 2 aromatic carbocycles. The number of benzene rings is 2. The molecule has 30 heavy (non-hydrogen) atoms.